The van der Waals surface area contributed by atoms with Gasteiger partial charge < -0.3 is 10.6 Å². The van der Waals surface area contributed by atoms with E-state index in [2.05, 4.69) is 41.3 Å². The van der Waals surface area contributed by atoms with Crippen molar-refractivity contribution in [2.45, 2.75) is 50.6 Å². The summed E-state index contributed by atoms with van der Waals surface area (Å²) < 4.78 is 0. The Morgan fingerprint density at radius 1 is 1.42 bits per heavy atom. The van der Waals surface area contributed by atoms with Crippen LogP contribution in [0.5, 0.6) is 0 Å². The number of nitrogens with two attached hydrogens (primary N) is 1. The first-order valence-electron chi connectivity index (χ1n) is 7.10. The Morgan fingerprint density at radius 3 is 2.53 bits per heavy atom. The van der Waals surface area contributed by atoms with Gasteiger partial charge in [0.25, 0.3) is 0 Å². The van der Waals surface area contributed by atoms with Crippen LogP contribution >= 0.6 is 0 Å². The molecule has 6 heteroatoms. The summed E-state index contributed by atoms with van der Waals surface area (Å²) >= 11 is 0. The molecular formula is C13H26N6. The predicted molar refractivity (Wildman–Crippen MR) is 74.5 cm³/mol. The second-order valence-corrected chi connectivity index (χ2v) is 6.19. The molecule has 0 saturated heterocycles. The lowest BCUT2D eigenvalue weighted by Crippen LogP contribution is -2.59. The maximum atomic E-state index is 6.51. The van der Waals surface area contributed by atoms with Crippen molar-refractivity contribution < 1.29 is 0 Å². The molecule has 6 nitrogen and oxygen atoms in total. The summed E-state index contributed by atoms with van der Waals surface area (Å²) in [5, 5.41) is 12.2. The molecule has 0 amide bonds. The van der Waals surface area contributed by atoms with Crippen LogP contribution in [0, 0.1) is 5.92 Å². The van der Waals surface area contributed by atoms with Gasteiger partial charge in [0.1, 0.15) is 0 Å². The highest BCUT2D eigenvalue weighted by Crippen LogP contribution is 2.37. The zero-order valence-corrected chi connectivity index (χ0v) is 12.5. The standard InChI is InChI=1S/C13H26N6/c1-10-5-7-13(8-6-10,18(2)3)11(14)9-12-15-17-19(4)16-12/h10-11H,5-9,14H2,1-4H3. The first-order valence-corrected chi connectivity index (χ1v) is 7.10. The maximum absolute atomic E-state index is 6.51. The second kappa shape index (κ2) is 5.54. The summed E-state index contributed by atoms with van der Waals surface area (Å²) in [5.74, 6) is 1.56. The minimum absolute atomic E-state index is 0.0548. The van der Waals surface area contributed by atoms with Gasteiger partial charge in [0.05, 0.1) is 7.05 Å². The van der Waals surface area contributed by atoms with E-state index < -0.39 is 0 Å². The fourth-order valence-electron chi connectivity index (χ4n) is 3.20. The lowest BCUT2D eigenvalue weighted by atomic mass is 9.71. The van der Waals surface area contributed by atoms with Crippen molar-refractivity contribution in [1.82, 2.24) is 25.1 Å². The third-order valence-electron chi connectivity index (χ3n) is 4.67. The van der Waals surface area contributed by atoms with Crippen molar-refractivity contribution in [2.24, 2.45) is 18.7 Å². The molecular weight excluding hydrogens is 240 g/mol. The van der Waals surface area contributed by atoms with E-state index in [1.54, 1.807) is 7.05 Å². The topological polar surface area (TPSA) is 72.9 Å². The number of hydrogen-bond donors (Lipinski definition) is 1. The molecule has 1 fully saturated rings. The van der Waals surface area contributed by atoms with Crippen molar-refractivity contribution in [3.63, 3.8) is 0 Å². The fraction of sp³-hybridized carbons (Fsp3) is 0.923. The number of aryl methyl sites for hydroxylation is 1. The van der Waals surface area contributed by atoms with E-state index in [4.69, 9.17) is 5.73 Å². The van der Waals surface area contributed by atoms with Crippen LogP contribution in [0.1, 0.15) is 38.4 Å². The van der Waals surface area contributed by atoms with Gasteiger partial charge >= 0.3 is 0 Å². The van der Waals surface area contributed by atoms with Gasteiger partial charge in [-0.15, -0.1) is 10.2 Å². The van der Waals surface area contributed by atoms with Gasteiger partial charge in [0.2, 0.25) is 0 Å². The monoisotopic (exact) mass is 266 g/mol. The lowest BCUT2D eigenvalue weighted by molar-refractivity contribution is 0.0562. The van der Waals surface area contributed by atoms with Gasteiger partial charge in [0.15, 0.2) is 5.82 Å². The third-order valence-corrected chi connectivity index (χ3v) is 4.67. The molecule has 1 aliphatic rings. The van der Waals surface area contributed by atoms with Crippen molar-refractivity contribution >= 4 is 0 Å². The molecule has 2 N–H and O–H groups in total. The van der Waals surface area contributed by atoms with Crippen LogP contribution in [0.25, 0.3) is 0 Å². The molecule has 1 saturated carbocycles. The molecule has 1 aromatic heterocycles. The molecule has 1 aromatic rings. The highest BCUT2D eigenvalue weighted by atomic mass is 15.6. The third kappa shape index (κ3) is 2.95. The predicted octanol–water partition coefficient (Wildman–Crippen LogP) is 0.590. The van der Waals surface area contributed by atoms with E-state index in [0.717, 1.165) is 24.6 Å². The van der Waals surface area contributed by atoms with Crippen molar-refractivity contribution in [1.29, 1.82) is 0 Å². The van der Waals surface area contributed by atoms with Crippen LogP contribution in [0.4, 0.5) is 0 Å². The minimum atomic E-state index is 0.0548. The molecule has 2 rings (SSSR count). The number of tetrazole rings is 1. The van der Waals surface area contributed by atoms with E-state index >= 15 is 0 Å². The SMILES string of the molecule is CC1CCC(C(N)Cc2nnn(C)n2)(N(C)C)CC1. The lowest BCUT2D eigenvalue weighted by Gasteiger charge is -2.48. The highest BCUT2D eigenvalue weighted by Gasteiger charge is 2.41. The van der Waals surface area contributed by atoms with E-state index in [9.17, 15) is 0 Å². The average molecular weight is 266 g/mol. The van der Waals surface area contributed by atoms with E-state index in [-0.39, 0.29) is 11.6 Å². The highest BCUT2D eigenvalue weighted by molar-refractivity contribution is 5.03. The molecule has 1 aliphatic carbocycles. The van der Waals surface area contributed by atoms with Crippen LogP contribution in [0.15, 0.2) is 0 Å². The molecule has 0 radical (unpaired) electrons. The zero-order valence-electron chi connectivity index (χ0n) is 12.5. The summed E-state index contributed by atoms with van der Waals surface area (Å²) in [4.78, 5) is 3.80. The summed E-state index contributed by atoms with van der Waals surface area (Å²) in [6.45, 7) is 2.33. The molecule has 1 unspecified atom stereocenters. The summed E-state index contributed by atoms with van der Waals surface area (Å²) in [6, 6.07) is 0.0548. The van der Waals surface area contributed by atoms with Gasteiger partial charge in [-0.3, -0.25) is 0 Å². The Balaban J connectivity index is 2.10. The van der Waals surface area contributed by atoms with Crippen molar-refractivity contribution in [3.8, 4) is 0 Å². The summed E-state index contributed by atoms with van der Waals surface area (Å²) in [6.07, 6.45) is 5.51. The molecule has 19 heavy (non-hydrogen) atoms. The van der Waals surface area contributed by atoms with Crippen LogP contribution < -0.4 is 5.73 Å². The Kier molecular flexibility index (Phi) is 4.20. The number of hydrogen-bond acceptors (Lipinski definition) is 5. The van der Waals surface area contributed by atoms with Gasteiger partial charge in [-0.1, -0.05) is 6.92 Å². The van der Waals surface area contributed by atoms with Gasteiger partial charge in [0, 0.05) is 18.0 Å². The van der Waals surface area contributed by atoms with Gasteiger partial charge in [-0.25, -0.2) is 0 Å². The van der Waals surface area contributed by atoms with E-state index in [1.165, 1.54) is 17.6 Å². The minimum Gasteiger partial charge on any atom is -0.326 e. The van der Waals surface area contributed by atoms with E-state index in [1.807, 2.05) is 0 Å². The quantitative estimate of drug-likeness (QED) is 0.863. The van der Waals surface area contributed by atoms with Crippen molar-refractivity contribution in [3.05, 3.63) is 5.82 Å². The zero-order chi connectivity index (χ0) is 14.0. The number of aromatic nitrogens is 4. The number of rotatable bonds is 4. The smallest absolute Gasteiger partial charge is 0.176 e. The number of nitrogens with zero attached hydrogens (tertiary/aromatic N) is 5. The molecule has 0 aliphatic heterocycles. The van der Waals surface area contributed by atoms with Gasteiger partial charge in [-0.2, -0.15) is 4.80 Å². The van der Waals surface area contributed by atoms with E-state index in [0.29, 0.717) is 6.42 Å². The Morgan fingerprint density at radius 2 is 2.05 bits per heavy atom. The van der Waals surface area contributed by atoms with Crippen LogP contribution in [-0.2, 0) is 13.5 Å². The first kappa shape index (κ1) is 14.4. The molecule has 0 aromatic carbocycles. The number of likely N-dealkylation sites (N-methyl/N-ethyl adjacent to an activating group) is 1. The van der Waals surface area contributed by atoms with Gasteiger partial charge in [-0.05, 0) is 50.9 Å². The second-order valence-electron chi connectivity index (χ2n) is 6.19. The molecule has 0 bridgehead atoms. The van der Waals surface area contributed by atoms with Crippen LogP contribution in [-0.4, -0.2) is 50.8 Å². The molecule has 1 heterocycles. The Labute approximate surface area is 115 Å². The van der Waals surface area contributed by atoms with Crippen LogP contribution in [0.3, 0.4) is 0 Å². The molecule has 1 atom stereocenters. The Bertz CT molecular complexity index is 405. The first-order chi connectivity index (χ1) is 8.94. The Hall–Kier alpha value is -1.01. The molecule has 0 spiro atoms. The normalized spacial score (nSPS) is 29.7. The molecule has 108 valence electrons. The average Bonchev–Trinajstić information content (AvgIpc) is 2.75. The fourth-order valence-corrected chi connectivity index (χ4v) is 3.20. The summed E-state index contributed by atoms with van der Waals surface area (Å²) in [5.41, 5.74) is 6.59. The van der Waals surface area contributed by atoms with Crippen molar-refractivity contribution in [2.75, 3.05) is 14.1 Å². The van der Waals surface area contributed by atoms with Crippen LogP contribution in [0.2, 0.25) is 0 Å². The largest absolute Gasteiger partial charge is 0.326 e. The summed E-state index contributed by atoms with van der Waals surface area (Å²) in [7, 11) is 6.06. The maximum Gasteiger partial charge on any atom is 0.176 e.